The van der Waals surface area contributed by atoms with Crippen LogP contribution in [0.15, 0.2) is 10.6 Å². The Hall–Kier alpha value is -0.830. The van der Waals surface area contributed by atoms with Gasteiger partial charge in [-0.05, 0) is 6.42 Å². The molecule has 0 radical (unpaired) electrons. The number of hydrogen-bond donors (Lipinski definition) is 1. The summed E-state index contributed by atoms with van der Waals surface area (Å²) in [5, 5.41) is 3.75. The van der Waals surface area contributed by atoms with Crippen molar-refractivity contribution >= 4 is 0 Å². The Bertz CT molecular complexity index is 195. The first kappa shape index (κ1) is 7.28. The molecule has 0 unspecified atom stereocenters. The lowest BCUT2D eigenvalue weighted by molar-refractivity contribution is 0.376. The number of nitrogens with zero attached hydrogens (tertiary/aromatic N) is 1. The van der Waals surface area contributed by atoms with E-state index < -0.39 is 0 Å². The molecule has 0 saturated carbocycles. The van der Waals surface area contributed by atoms with Crippen LogP contribution in [0.25, 0.3) is 0 Å². The molecule has 0 aromatic carbocycles. The molecule has 0 amide bonds. The van der Waals surface area contributed by atoms with Gasteiger partial charge in [0.15, 0.2) is 0 Å². The maximum atomic E-state index is 5.34. The van der Waals surface area contributed by atoms with Crippen LogP contribution in [-0.4, -0.2) is 5.16 Å². The Morgan fingerprint density at radius 3 is 3.00 bits per heavy atom. The molecule has 3 nitrogen and oxygen atoms in total. The summed E-state index contributed by atoms with van der Waals surface area (Å²) in [4.78, 5) is 0. The average Bonchev–Trinajstić information content (AvgIpc) is 2.37. The van der Waals surface area contributed by atoms with E-state index in [1.165, 1.54) is 0 Å². The monoisotopic (exact) mass is 140 g/mol. The van der Waals surface area contributed by atoms with Crippen molar-refractivity contribution in [2.75, 3.05) is 0 Å². The summed E-state index contributed by atoms with van der Waals surface area (Å²) in [6, 6.07) is 1.91. The maximum Gasteiger partial charge on any atom is 0.137 e. The minimum atomic E-state index is 0.465. The van der Waals surface area contributed by atoms with Crippen LogP contribution in [0.3, 0.4) is 0 Å². The van der Waals surface area contributed by atoms with Gasteiger partial charge in [-0.1, -0.05) is 12.1 Å². The molecule has 3 heteroatoms. The van der Waals surface area contributed by atoms with Crippen molar-refractivity contribution in [3.8, 4) is 0 Å². The molecule has 10 heavy (non-hydrogen) atoms. The number of hydrogen-bond acceptors (Lipinski definition) is 3. The number of aryl methyl sites for hydroxylation is 1. The Labute approximate surface area is 60.2 Å². The Balaban J connectivity index is 2.59. The summed E-state index contributed by atoms with van der Waals surface area (Å²) in [7, 11) is 0. The van der Waals surface area contributed by atoms with Crippen LogP contribution in [-0.2, 0) is 13.0 Å². The van der Waals surface area contributed by atoms with E-state index in [1.807, 2.05) is 6.07 Å². The van der Waals surface area contributed by atoms with Crippen LogP contribution in [0.4, 0.5) is 0 Å². The smallest absolute Gasteiger partial charge is 0.137 e. The second-order valence-electron chi connectivity index (χ2n) is 2.24. The zero-order valence-corrected chi connectivity index (χ0v) is 6.13. The lowest BCUT2D eigenvalue weighted by atomic mass is 10.2. The summed E-state index contributed by atoms with van der Waals surface area (Å²) in [5.74, 6) is 0.933. The van der Waals surface area contributed by atoms with Crippen molar-refractivity contribution in [3.63, 3.8) is 0 Å². The molecule has 0 saturated heterocycles. The summed E-state index contributed by atoms with van der Waals surface area (Å²) in [5.41, 5.74) is 6.17. The van der Waals surface area contributed by atoms with Gasteiger partial charge in [0.2, 0.25) is 0 Å². The highest BCUT2D eigenvalue weighted by Crippen LogP contribution is 2.04. The SMILES string of the molecule is CCCc1cc(CN)no1. The quantitative estimate of drug-likeness (QED) is 0.683. The summed E-state index contributed by atoms with van der Waals surface area (Å²) in [6.07, 6.45) is 2.03. The molecule has 2 N–H and O–H groups in total. The Morgan fingerprint density at radius 2 is 2.50 bits per heavy atom. The van der Waals surface area contributed by atoms with Gasteiger partial charge in [-0.15, -0.1) is 0 Å². The summed E-state index contributed by atoms with van der Waals surface area (Å²) < 4.78 is 4.97. The van der Waals surface area contributed by atoms with Crippen LogP contribution >= 0.6 is 0 Å². The lowest BCUT2D eigenvalue weighted by Gasteiger charge is -1.83. The van der Waals surface area contributed by atoms with Crippen LogP contribution in [0.1, 0.15) is 24.8 Å². The van der Waals surface area contributed by atoms with Crippen LogP contribution < -0.4 is 5.73 Å². The van der Waals surface area contributed by atoms with Crippen molar-refractivity contribution in [2.45, 2.75) is 26.3 Å². The normalized spacial score (nSPS) is 10.2. The second kappa shape index (κ2) is 3.37. The fraction of sp³-hybridized carbons (Fsp3) is 0.571. The summed E-state index contributed by atoms with van der Waals surface area (Å²) in [6.45, 7) is 2.57. The number of aromatic nitrogens is 1. The molecule has 0 aliphatic rings. The van der Waals surface area contributed by atoms with Gasteiger partial charge in [0.1, 0.15) is 5.76 Å². The van der Waals surface area contributed by atoms with E-state index in [1.54, 1.807) is 0 Å². The molecular weight excluding hydrogens is 128 g/mol. The largest absolute Gasteiger partial charge is 0.361 e. The third-order valence-corrected chi connectivity index (χ3v) is 1.31. The van der Waals surface area contributed by atoms with Crippen molar-refractivity contribution in [3.05, 3.63) is 17.5 Å². The lowest BCUT2D eigenvalue weighted by Crippen LogP contribution is -1.94. The van der Waals surface area contributed by atoms with Crippen molar-refractivity contribution < 1.29 is 4.52 Å². The van der Waals surface area contributed by atoms with E-state index >= 15 is 0 Å². The van der Waals surface area contributed by atoms with E-state index in [2.05, 4.69) is 12.1 Å². The minimum absolute atomic E-state index is 0.465. The number of rotatable bonds is 3. The zero-order valence-electron chi connectivity index (χ0n) is 6.13. The Kier molecular flexibility index (Phi) is 2.45. The van der Waals surface area contributed by atoms with Gasteiger partial charge in [0.05, 0.1) is 5.69 Å². The highest BCUT2D eigenvalue weighted by molar-refractivity contribution is 5.04. The molecule has 0 atom stereocenters. The second-order valence-corrected chi connectivity index (χ2v) is 2.24. The molecule has 1 aromatic heterocycles. The van der Waals surface area contributed by atoms with Crippen LogP contribution in [0.2, 0.25) is 0 Å². The van der Waals surface area contributed by atoms with Crippen LogP contribution in [0.5, 0.6) is 0 Å². The standard InChI is InChI=1S/C7H12N2O/c1-2-3-7-4-6(5-8)9-10-7/h4H,2-3,5,8H2,1H3. The van der Waals surface area contributed by atoms with Crippen molar-refractivity contribution in [1.29, 1.82) is 0 Å². The third kappa shape index (κ3) is 1.57. The highest BCUT2D eigenvalue weighted by atomic mass is 16.5. The van der Waals surface area contributed by atoms with Gasteiger partial charge in [-0.25, -0.2) is 0 Å². The van der Waals surface area contributed by atoms with Gasteiger partial charge in [-0.2, -0.15) is 0 Å². The van der Waals surface area contributed by atoms with E-state index in [0.717, 1.165) is 24.3 Å². The molecule has 0 bridgehead atoms. The van der Waals surface area contributed by atoms with Crippen LogP contribution in [0, 0.1) is 0 Å². The topological polar surface area (TPSA) is 52.0 Å². The van der Waals surface area contributed by atoms with E-state index in [9.17, 15) is 0 Å². The molecule has 0 fully saturated rings. The molecule has 1 aromatic rings. The highest BCUT2D eigenvalue weighted by Gasteiger charge is 1.99. The van der Waals surface area contributed by atoms with Gasteiger partial charge >= 0.3 is 0 Å². The van der Waals surface area contributed by atoms with Crippen molar-refractivity contribution in [2.24, 2.45) is 5.73 Å². The third-order valence-electron chi connectivity index (χ3n) is 1.31. The average molecular weight is 140 g/mol. The van der Waals surface area contributed by atoms with Gasteiger partial charge in [-0.3, -0.25) is 0 Å². The molecular formula is C7H12N2O. The first-order valence-electron chi connectivity index (χ1n) is 3.51. The fourth-order valence-electron chi connectivity index (χ4n) is 0.816. The van der Waals surface area contributed by atoms with Gasteiger partial charge in [0.25, 0.3) is 0 Å². The first-order valence-corrected chi connectivity index (χ1v) is 3.51. The molecule has 1 rings (SSSR count). The van der Waals surface area contributed by atoms with Gasteiger partial charge in [0, 0.05) is 19.0 Å². The van der Waals surface area contributed by atoms with Crippen molar-refractivity contribution in [1.82, 2.24) is 5.16 Å². The van der Waals surface area contributed by atoms with E-state index in [4.69, 9.17) is 10.3 Å². The molecule has 0 aliphatic carbocycles. The molecule has 0 aliphatic heterocycles. The Morgan fingerprint density at radius 1 is 1.70 bits per heavy atom. The van der Waals surface area contributed by atoms with E-state index in [0.29, 0.717) is 6.54 Å². The maximum absolute atomic E-state index is 5.34. The first-order chi connectivity index (χ1) is 4.86. The van der Waals surface area contributed by atoms with Gasteiger partial charge < -0.3 is 10.3 Å². The van der Waals surface area contributed by atoms with E-state index in [-0.39, 0.29) is 0 Å². The molecule has 0 spiro atoms. The zero-order chi connectivity index (χ0) is 7.40. The summed E-state index contributed by atoms with van der Waals surface area (Å²) >= 11 is 0. The fourth-order valence-corrected chi connectivity index (χ4v) is 0.816. The minimum Gasteiger partial charge on any atom is -0.361 e. The molecule has 56 valence electrons. The molecule has 1 heterocycles. The number of nitrogens with two attached hydrogens (primary N) is 1. The predicted octanol–water partition coefficient (Wildman–Crippen LogP) is 1.09. The predicted molar refractivity (Wildman–Crippen MR) is 38.4 cm³/mol.